The van der Waals surface area contributed by atoms with E-state index in [4.69, 9.17) is 4.74 Å². The van der Waals surface area contributed by atoms with Crippen LogP contribution in [0.1, 0.15) is 33.1 Å². The lowest BCUT2D eigenvalue weighted by molar-refractivity contribution is -0.120. The highest BCUT2D eigenvalue weighted by Crippen LogP contribution is 2.27. The van der Waals surface area contributed by atoms with Gasteiger partial charge in [-0.2, -0.15) is 0 Å². The first kappa shape index (κ1) is 18.2. The van der Waals surface area contributed by atoms with Crippen molar-refractivity contribution in [3.05, 3.63) is 24.3 Å². The number of benzene rings is 1. The first-order valence-electron chi connectivity index (χ1n) is 9.50. The molecular formula is C20H31N3O2. The Morgan fingerprint density at radius 2 is 1.92 bits per heavy atom. The zero-order valence-corrected chi connectivity index (χ0v) is 15.7. The van der Waals surface area contributed by atoms with E-state index in [0.29, 0.717) is 5.92 Å². The lowest BCUT2D eigenvalue weighted by atomic mass is 9.91. The summed E-state index contributed by atoms with van der Waals surface area (Å²) in [5.41, 5.74) is 0.816. The monoisotopic (exact) mass is 345 g/mol. The van der Waals surface area contributed by atoms with Crippen LogP contribution in [0.5, 0.6) is 5.75 Å². The maximum atomic E-state index is 12.7. The van der Waals surface area contributed by atoms with E-state index in [1.54, 1.807) is 7.11 Å². The van der Waals surface area contributed by atoms with E-state index in [1.807, 2.05) is 31.2 Å². The summed E-state index contributed by atoms with van der Waals surface area (Å²) in [7, 11) is 1.64. The Balaban J connectivity index is 1.56. The Bertz CT molecular complexity index is 571. The largest absolute Gasteiger partial charge is 0.497 e. The number of carbonyl (C=O) groups is 1. The molecule has 0 spiro atoms. The first-order chi connectivity index (χ1) is 12.1. The Kier molecular flexibility index (Phi) is 5.97. The molecule has 1 aliphatic carbocycles. The van der Waals surface area contributed by atoms with Gasteiger partial charge in [0.25, 0.3) is 0 Å². The molecule has 5 heteroatoms. The zero-order chi connectivity index (χ0) is 17.8. The Morgan fingerprint density at radius 3 is 2.52 bits per heavy atom. The average molecular weight is 345 g/mol. The van der Waals surface area contributed by atoms with Gasteiger partial charge in [0, 0.05) is 37.9 Å². The standard InChI is InChI=1S/C20H31N3O2/c1-15-13-22(11-12-23(14-15)18-5-4-6-18)16(2)20(24)21-17-7-9-19(25-3)10-8-17/h7-10,15-16,18H,4-6,11-14H2,1-3H3,(H,21,24). The normalized spacial score (nSPS) is 24.2. The van der Waals surface area contributed by atoms with Crippen LogP contribution in [-0.4, -0.2) is 61.1 Å². The minimum Gasteiger partial charge on any atom is -0.497 e. The van der Waals surface area contributed by atoms with E-state index in [0.717, 1.165) is 43.7 Å². The van der Waals surface area contributed by atoms with E-state index >= 15 is 0 Å². The Labute approximate surface area is 151 Å². The summed E-state index contributed by atoms with van der Waals surface area (Å²) >= 11 is 0. The molecule has 1 saturated heterocycles. The Hall–Kier alpha value is -1.59. The molecule has 2 aliphatic rings. The van der Waals surface area contributed by atoms with E-state index in [1.165, 1.54) is 19.3 Å². The fourth-order valence-corrected chi connectivity index (χ4v) is 3.82. The highest BCUT2D eigenvalue weighted by Gasteiger charge is 2.31. The number of ether oxygens (including phenoxy) is 1. The van der Waals surface area contributed by atoms with Crippen molar-refractivity contribution < 1.29 is 9.53 Å². The minimum absolute atomic E-state index is 0.0643. The molecule has 1 heterocycles. The topological polar surface area (TPSA) is 44.8 Å². The van der Waals surface area contributed by atoms with Crippen molar-refractivity contribution in [1.82, 2.24) is 9.80 Å². The summed E-state index contributed by atoms with van der Waals surface area (Å²) in [6.07, 6.45) is 4.07. The van der Waals surface area contributed by atoms with Crippen molar-refractivity contribution in [3.8, 4) is 5.75 Å². The van der Waals surface area contributed by atoms with Crippen LogP contribution in [0.2, 0.25) is 0 Å². The molecular weight excluding hydrogens is 314 g/mol. The van der Waals surface area contributed by atoms with Crippen LogP contribution in [0, 0.1) is 5.92 Å². The van der Waals surface area contributed by atoms with Crippen molar-refractivity contribution >= 4 is 11.6 Å². The summed E-state index contributed by atoms with van der Waals surface area (Å²) in [6.45, 7) is 8.52. The van der Waals surface area contributed by atoms with Crippen LogP contribution < -0.4 is 10.1 Å². The van der Waals surface area contributed by atoms with Gasteiger partial charge in [0.05, 0.1) is 13.2 Å². The van der Waals surface area contributed by atoms with Gasteiger partial charge in [-0.25, -0.2) is 0 Å². The molecule has 1 saturated carbocycles. The van der Waals surface area contributed by atoms with Crippen LogP contribution in [-0.2, 0) is 4.79 Å². The number of methoxy groups -OCH3 is 1. The molecule has 1 aromatic rings. The number of hydrogen-bond acceptors (Lipinski definition) is 4. The second-order valence-corrected chi connectivity index (χ2v) is 7.57. The van der Waals surface area contributed by atoms with Gasteiger partial charge in [0.15, 0.2) is 0 Å². The van der Waals surface area contributed by atoms with Gasteiger partial charge in [-0.3, -0.25) is 14.6 Å². The number of nitrogens with zero attached hydrogens (tertiary/aromatic N) is 2. The third-order valence-electron chi connectivity index (χ3n) is 5.64. The predicted octanol–water partition coefficient (Wildman–Crippen LogP) is 2.83. The number of anilines is 1. The minimum atomic E-state index is -0.120. The summed E-state index contributed by atoms with van der Waals surface area (Å²) in [6, 6.07) is 8.16. The van der Waals surface area contributed by atoms with Gasteiger partial charge in [0.1, 0.15) is 5.75 Å². The molecule has 1 aliphatic heterocycles. The molecule has 3 rings (SSSR count). The predicted molar refractivity (Wildman–Crippen MR) is 101 cm³/mol. The van der Waals surface area contributed by atoms with E-state index in [2.05, 4.69) is 22.0 Å². The molecule has 2 unspecified atom stereocenters. The molecule has 2 fully saturated rings. The molecule has 1 N–H and O–H groups in total. The molecule has 2 atom stereocenters. The SMILES string of the molecule is COc1ccc(NC(=O)C(C)N2CCN(C3CCC3)CC(C)C2)cc1. The summed E-state index contributed by atoms with van der Waals surface area (Å²) in [5.74, 6) is 1.46. The molecule has 5 nitrogen and oxygen atoms in total. The Morgan fingerprint density at radius 1 is 1.20 bits per heavy atom. The van der Waals surface area contributed by atoms with Gasteiger partial charge in [-0.1, -0.05) is 13.3 Å². The van der Waals surface area contributed by atoms with E-state index in [9.17, 15) is 4.79 Å². The van der Waals surface area contributed by atoms with Crippen LogP contribution >= 0.6 is 0 Å². The molecule has 0 bridgehead atoms. The molecule has 1 amide bonds. The van der Waals surface area contributed by atoms with Crippen LogP contribution in [0.3, 0.4) is 0 Å². The number of nitrogens with one attached hydrogen (secondary N) is 1. The third kappa shape index (κ3) is 4.53. The smallest absolute Gasteiger partial charge is 0.241 e. The molecule has 138 valence electrons. The fourth-order valence-electron chi connectivity index (χ4n) is 3.82. The van der Waals surface area contributed by atoms with Gasteiger partial charge < -0.3 is 10.1 Å². The highest BCUT2D eigenvalue weighted by molar-refractivity contribution is 5.94. The van der Waals surface area contributed by atoms with Crippen LogP contribution in [0.4, 0.5) is 5.69 Å². The lowest BCUT2D eigenvalue weighted by Gasteiger charge is -2.37. The van der Waals surface area contributed by atoms with Gasteiger partial charge >= 0.3 is 0 Å². The second kappa shape index (κ2) is 8.19. The van der Waals surface area contributed by atoms with Gasteiger partial charge in [-0.15, -0.1) is 0 Å². The van der Waals surface area contributed by atoms with Crippen LogP contribution in [0.25, 0.3) is 0 Å². The quantitative estimate of drug-likeness (QED) is 0.891. The van der Waals surface area contributed by atoms with E-state index in [-0.39, 0.29) is 11.9 Å². The first-order valence-corrected chi connectivity index (χ1v) is 9.50. The summed E-state index contributed by atoms with van der Waals surface area (Å²) in [5, 5.41) is 3.03. The number of hydrogen-bond donors (Lipinski definition) is 1. The van der Waals surface area contributed by atoms with Crippen molar-refractivity contribution in [2.45, 2.75) is 45.2 Å². The van der Waals surface area contributed by atoms with Crippen molar-refractivity contribution in [2.75, 3.05) is 38.6 Å². The van der Waals surface area contributed by atoms with Crippen molar-refractivity contribution in [3.63, 3.8) is 0 Å². The summed E-state index contributed by atoms with van der Waals surface area (Å²) < 4.78 is 5.16. The molecule has 0 aromatic heterocycles. The van der Waals surface area contributed by atoms with Crippen molar-refractivity contribution in [1.29, 1.82) is 0 Å². The van der Waals surface area contributed by atoms with E-state index < -0.39 is 0 Å². The lowest BCUT2D eigenvalue weighted by Crippen LogP contribution is -2.45. The highest BCUT2D eigenvalue weighted by atomic mass is 16.5. The fraction of sp³-hybridized carbons (Fsp3) is 0.650. The second-order valence-electron chi connectivity index (χ2n) is 7.57. The van der Waals surface area contributed by atoms with Crippen LogP contribution in [0.15, 0.2) is 24.3 Å². The van der Waals surface area contributed by atoms with Gasteiger partial charge in [0.2, 0.25) is 5.91 Å². The maximum Gasteiger partial charge on any atom is 0.241 e. The zero-order valence-electron chi connectivity index (χ0n) is 15.7. The maximum absolute atomic E-state index is 12.7. The average Bonchev–Trinajstić information content (AvgIpc) is 2.75. The molecule has 25 heavy (non-hydrogen) atoms. The number of amides is 1. The van der Waals surface area contributed by atoms with Gasteiger partial charge in [-0.05, 0) is 49.9 Å². The number of carbonyl (C=O) groups excluding carboxylic acids is 1. The molecule has 1 aromatic carbocycles. The number of rotatable bonds is 5. The van der Waals surface area contributed by atoms with Crippen molar-refractivity contribution in [2.24, 2.45) is 5.92 Å². The third-order valence-corrected chi connectivity index (χ3v) is 5.64. The molecule has 0 radical (unpaired) electrons. The summed E-state index contributed by atoms with van der Waals surface area (Å²) in [4.78, 5) is 17.6.